The number of hydrogen-bond acceptors (Lipinski definition) is 10. The zero-order valence-corrected chi connectivity index (χ0v) is 38.6. The molecule has 2 aliphatic heterocycles. The van der Waals surface area contributed by atoms with Gasteiger partial charge in [-0.05, 0) is 90.6 Å². The van der Waals surface area contributed by atoms with E-state index in [-0.39, 0.29) is 31.2 Å². The van der Waals surface area contributed by atoms with Crippen molar-refractivity contribution in [3.63, 3.8) is 0 Å². The third-order valence-corrected chi connectivity index (χ3v) is 12.1. The second-order valence-electron chi connectivity index (χ2n) is 18.2. The number of hydrazine groups is 1. The lowest BCUT2D eigenvalue weighted by atomic mass is 9.83. The average Bonchev–Trinajstić information content (AvgIpc) is 3.57. The van der Waals surface area contributed by atoms with Crippen molar-refractivity contribution in [2.24, 2.45) is 11.3 Å². The van der Waals surface area contributed by atoms with Gasteiger partial charge in [0.15, 0.2) is 0 Å². The lowest BCUT2D eigenvalue weighted by Crippen LogP contribution is -2.61. The summed E-state index contributed by atoms with van der Waals surface area (Å²) >= 11 is 0. The van der Waals surface area contributed by atoms with Crippen molar-refractivity contribution in [1.82, 2.24) is 30.1 Å². The number of likely N-dealkylation sites (N-methyl/N-ethyl adjacent to an activating group) is 2. The Hall–Kier alpha value is -6.26. The van der Waals surface area contributed by atoms with Crippen LogP contribution >= 0.6 is 0 Å². The monoisotopic (exact) mass is 894 g/mol. The Balaban J connectivity index is 1.58. The zero-order chi connectivity index (χ0) is 47.2. The maximum absolute atomic E-state index is 14.6. The van der Waals surface area contributed by atoms with Gasteiger partial charge in [-0.1, -0.05) is 64.1 Å². The van der Waals surface area contributed by atoms with E-state index in [1.165, 1.54) is 24.0 Å². The number of nitrogens with one attached hydrogen (secondary N) is 2. The second-order valence-corrected chi connectivity index (χ2v) is 18.2. The number of hydrogen-bond donors (Lipinski definition) is 3. The van der Waals surface area contributed by atoms with Crippen molar-refractivity contribution in [1.29, 1.82) is 0 Å². The molecule has 0 radical (unpaired) electrons. The van der Waals surface area contributed by atoms with Gasteiger partial charge in [0.1, 0.15) is 30.4 Å². The molecule has 1 saturated heterocycles. The number of carboxylic acids is 1. The summed E-state index contributed by atoms with van der Waals surface area (Å²) in [4.78, 5) is 81.5. The van der Waals surface area contributed by atoms with Gasteiger partial charge >= 0.3 is 18.0 Å². The molecular weight excluding hydrogens is 833 g/mol. The Morgan fingerprint density at radius 3 is 2.51 bits per heavy atom. The predicted octanol–water partition coefficient (Wildman–Crippen LogP) is 5.46. The van der Waals surface area contributed by atoms with E-state index in [1.54, 1.807) is 33.1 Å². The topological polar surface area (TPSA) is 189 Å². The first-order valence-corrected chi connectivity index (χ1v) is 22.2. The van der Waals surface area contributed by atoms with Gasteiger partial charge in [0.25, 0.3) is 5.91 Å². The average molecular weight is 895 g/mol. The fourth-order valence-electron chi connectivity index (χ4n) is 8.97. The summed E-state index contributed by atoms with van der Waals surface area (Å²) in [6, 6.07) is 16.6. The quantitative estimate of drug-likeness (QED) is 0.114. The number of rotatable bonds is 13. The fourth-order valence-corrected chi connectivity index (χ4v) is 8.97. The van der Waals surface area contributed by atoms with Crippen LogP contribution < -0.4 is 15.5 Å². The van der Waals surface area contributed by atoms with Crippen molar-refractivity contribution < 1.29 is 48.1 Å². The Morgan fingerprint density at radius 2 is 1.82 bits per heavy atom. The largest absolute Gasteiger partial charge is 0.480 e. The number of cyclic esters (lactones) is 1. The number of benzene rings is 3. The van der Waals surface area contributed by atoms with Crippen LogP contribution in [0.2, 0.25) is 0 Å². The van der Waals surface area contributed by atoms with Crippen LogP contribution in [0.5, 0.6) is 5.75 Å². The first-order chi connectivity index (χ1) is 30.9. The van der Waals surface area contributed by atoms with Crippen LogP contribution in [-0.2, 0) is 59.3 Å². The molecule has 6 bridgehead atoms. The minimum Gasteiger partial charge on any atom is -0.480 e. The Bertz CT molecular complexity index is 2430. The molecule has 0 spiro atoms. The number of nitrogens with zero attached hydrogens (tertiary/aromatic N) is 4. The molecule has 4 aromatic rings. The molecule has 16 nitrogen and oxygen atoms in total. The summed E-state index contributed by atoms with van der Waals surface area (Å²) < 4.78 is 19.7. The highest BCUT2D eigenvalue weighted by Gasteiger charge is 2.37. The van der Waals surface area contributed by atoms with Crippen LogP contribution in [0, 0.1) is 11.3 Å². The molecule has 4 amide bonds. The van der Waals surface area contributed by atoms with Crippen LogP contribution in [0.25, 0.3) is 33.3 Å². The molecular formula is C49H62N6O10. The first kappa shape index (κ1) is 48.2. The van der Waals surface area contributed by atoms with Gasteiger partial charge in [-0.25, -0.2) is 10.2 Å². The molecule has 2 aliphatic rings. The van der Waals surface area contributed by atoms with E-state index >= 15 is 0 Å². The smallest absolute Gasteiger partial charge is 0.415 e. The molecule has 1 aromatic heterocycles. The van der Waals surface area contributed by atoms with Crippen molar-refractivity contribution in [2.75, 3.05) is 47.5 Å². The molecule has 3 heterocycles. The van der Waals surface area contributed by atoms with Crippen molar-refractivity contribution >= 4 is 47.2 Å². The number of aromatic nitrogens is 1. The lowest BCUT2D eigenvalue weighted by molar-refractivity contribution is -0.155. The number of ether oxygens (including phenoxy) is 3. The summed E-state index contributed by atoms with van der Waals surface area (Å²) in [7, 11) is 4.50. The molecule has 16 heteroatoms. The Morgan fingerprint density at radius 1 is 1.06 bits per heavy atom. The maximum Gasteiger partial charge on any atom is 0.415 e. The number of methoxy groups -OCH3 is 1. The SMILES string of the molecule is CCn1c(-c2ccccc2CCOC)c2c3cc(ccc31)-c1cc(cc(OC(=O)N(C)CC(=O)O)c1)C[C@H](NC(=O)C(C(C)C)N(C)C=O)C(=O)N1CCC[C@H](N1)C(=O)OCC(C)(C)C2. The van der Waals surface area contributed by atoms with E-state index in [9.17, 15) is 33.9 Å². The lowest BCUT2D eigenvalue weighted by Gasteiger charge is -2.36. The van der Waals surface area contributed by atoms with Gasteiger partial charge in [-0.15, -0.1) is 0 Å². The number of fused-ring (bicyclic) bond motifs is 6. The standard InChI is InChI=1S/C49H62N6O10/c1-9-54-41-17-16-33-25-37(41)38(44(54)36-14-11-10-13-32(36)18-20-63-8)26-49(4,5)28-64-47(61)39-15-12-19-55(51-39)46(60)40(50-45(59)43(30(2)3)53(7)29-56)23-31-21-34(33)24-35(22-31)65-48(62)52(6)27-42(57)58/h10-11,13-14,16-17,21-22,24-25,29-30,39-40,43,51H,9,12,15,18-20,23,26-28H2,1-8H3,(H,50,59)(H,57,58)/t39-,40-,43?/m0/s1. The molecule has 65 heavy (non-hydrogen) atoms. The zero-order valence-electron chi connectivity index (χ0n) is 38.6. The van der Waals surface area contributed by atoms with Crippen molar-refractivity contribution in [3.05, 3.63) is 77.4 Å². The summed E-state index contributed by atoms with van der Waals surface area (Å²) in [5, 5.41) is 14.6. The maximum atomic E-state index is 14.6. The first-order valence-electron chi connectivity index (χ1n) is 22.2. The number of carboxylic acid groups (broad SMARTS) is 1. The molecule has 0 saturated carbocycles. The molecule has 3 aromatic carbocycles. The van der Waals surface area contributed by atoms with Gasteiger partial charge in [0, 0.05) is 62.6 Å². The second kappa shape index (κ2) is 20.7. The van der Waals surface area contributed by atoms with E-state index in [0.29, 0.717) is 56.4 Å². The fraction of sp³-hybridized carbons (Fsp3) is 0.469. The van der Waals surface area contributed by atoms with Crippen LogP contribution in [0.15, 0.2) is 60.7 Å². The van der Waals surface area contributed by atoms with Gasteiger partial charge < -0.3 is 34.1 Å². The molecule has 6 rings (SSSR count). The van der Waals surface area contributed by atoms with E-state index in [0.717, 1.165) is 43.8 Å². The number of aryl methyl sites for hydroxylation is 1. The number of carbonyl (C=O) groups is 6. The molecule has 3 atom stereocenters. The number of amides is 4. The molecule has 1 fully saturated rings. The minimum absolute atomic E-state index is 0.0895. The number of esters is 1. The van der Waals surface area contributed by atoms with E-state index in [2.05, 4.69) is 60.3 Å². The Labute approximate surface area is 380 Å². The summed E-state index contributed by atoms with van der Waals surface area (Å²) in [5.41, 5.74) is 9.71. The van der Waals surface area contributed by atoms with E-state index in [1.807, 2.05) is 24.3 Å². The molecule has 3 N–H and O–H groups in total. The van der Waals surface area contributed by atoms with Crippen LogP contribution in [-0.4, -0.2) is 126 Å². The molecule has 1 unspecified atom stereocenters. The predicted molar refractivity (Wildman–Crippen MR) is 245 cm³/mol. The number of carbonyl (C=O) groups excluding carboxylic acids is 5. The summed E-state index contributed by atoms with van der Waals surface area (Å²) in [6.45, 7) is 10.8. The molecule has 0 aliphatic carbocycles. The van der Waals surface area contributed by atoms with Crippen LogP contribution in [0.1, 0.15) is 64.2 Å². The summed E-state index contributed by atoms with van der Waals surface area (Å²) in [5.74, 6) is -3.02. The normalized spacial score (nSPS) is 18.1. The minimum atomic E-state index is -1.22. The van der Waals surface area contributed by atoms with Gasteiger partial charge in [0.05, 0.1) is 18.9 Å². The highest BCUT2D eigenvalue weighted by molar-refractivity contribution is 5.96. The van der Waals surface area contributed by atoms with Crippen LogP contribution in [0.3, 0.4) is 0 Å². The van der Waals surface area contributed by atoms with Crippen LogP contribution in [0.4, 0.5) is 4.79 Å². The van der Waals surface area contributed by atoms with E-state index in [4.69, 9.17) is 14.2 Å². The third kappa shape index (κ3) is 11.2. The van der Waals surface area contributed by atoms with E-state index < -0.39 is 59.9 Å². The summed E-state index contributed by atoms with van der Waals surface area (Å²) in [6.07, 6.45) is 1.68. The molecule has 348 valence electrons. The van der Waals surface area contributed by atoms with Gasteiger partial charge in [-0.3, -0.25) is 33.9 Å². The van der Waals surface area contributed by atoms with Gasteiger partial charge in [0.2, 0.25) is 12.3 Å². The van der Waals surface area contributed by atoms with Gasteiger partial charge in [-0.2, -0.15) is 0 Å². The Kier molecular flexibility index (Phi) is 15.4. The highest BCUT2D eigenvalue weighted by atomic mass is 16.6. The highest BCUT2D eigenvalue weighted by Crippen LogP contribution is 2.41. The van der Waals surface area contributed by atoms with Crippen molar-refractivity contribution in [3.8, 4) is 28.1 Å². The van der Waals surface area contributed by atoms with Crippen molar-refractivity contribution in [2.45, 2.75) is 91.4 Å². The third-order valence-electron chi connectivity index (χ3n) is 12.1. The number of aliphatic carboxylic acids is 1.